The van der Waals surface area contributed by atoms with Gasteiger partial charge in [0.25, 0.3) is 0 Å². The number of anilines is 3. The second-order valence-corrected chi connectivity index (χ2v) is 11.3. The van der Waals surface area contributed by atoms with E-state index in [1.54, 1.807) is 13.2 Å². The van der Waals surface area contributed by atoms with Crippen LogP contribution in [0.15, 0.2) is 87.9 Å². The number of amides is 2. The number of aliphatic hydroxyl groups is 1. The quantitative estimate of drug-likeness (QED) is 0.233. The Labute approximate surface area is 245 Å². The molecule has 8 nitrogen and oxygen atoms in total. The van der Waals surface area contributed by atoms with Gasteiger partial charge in [0.2, 0.25) is 11.8 Å². The third-order valence-corrected chi connectivity index (χ3v) is 8.54. The standard InChI is InChI=1S/C34H36N2O6/c1-21(16-26-13-14-27(18-37)42-26)8-15-30-31-22(19-40-2)17-28-32(29(31)20-41-30)34(39)36(33(28)38)25-11-9-24(10-12-25)35-23-6-4-3-5-7-23/h3-7,9-14,16,28-30,32,35,37H,8,15,17-20H2,1-2H3/b21-16+/t28-,29+,30-,32-/m1/s1. The monoisotopic (exact) mass is 568 g/mol. The number of rotatable bonds is 10. The van der Waals surface area contributed by atoms with Crippen LogP contribution in [-0.4, -0.2) is 43.3 Å². The molecule has 2 aliphatic heterocycles. The zero-order valence-corrected chi connectivity index (χ0v) is 23.9. The fourth-order valence-corrected chi connectivity index (χ4v) is 6.65. The van der Waals surface area contributed by atoms with Crippen LogP contribution in [0.2, 0.25) is 0 Å². The predicted molar refractivity (Wildman–Crippen MR) is 160 cm³/mol. The Hall–Kier alpha value is -3.98. The third-order valence-electron chi connectivity index (χ3n) is 8.54. The number of furan rings is 1. The topological polar surface area (TPSA) is 101 Å². The second kappa shape index (κ2) is 12.1. The minimum Gasteiger partial charge on any atom is -0.459 e. The molecular weight excluding hydrogens is 532 g/mol. The molecule has 218 valence electrons. The van der Waals surface area contributed by atoms with E-state index in [2.05, 4.69) is 5.32 Å². The lowest BCUT2D eigenvalue weighted by Crippen LogP contribution is -2.35. The summed E-state index contributed by atoms with van der Waals surface area (Å²) in [7, 11) is 1.66. The molecule has 2 aromatic carbocycles. The van der Waals surface area contributed by atoms with E-state index in [0.717, 1.165) is 40.9 Å². The number of nitrogens with one attached hydrogen (secondary N) is 1. The molecule has 2 N–H and O–H groups in total. The zero-order valence-electron chi connectivity index (χ0n) is 23.9. The number of ether oxygens (including phenoxy) is 2. The molecule has 2 amide bonds. The number of allylic oxidation sites excluding steroid dienone is 1. The van der Waals surface area contributed by atoms with Gasteiger partial charge in [-0.1, -0.05) is 23.8 Å². The Bertz CT molecular complexity index is 1510. The van der Waals surface area contributed by atoms with Crippen molar-refractivity contribution in [3.63, 3.8) is 0 Å². The van der Waals surface area contributed by atoms with Crippen LogP contribution in [0.5, 0.6) is 0 Å². The summed E-state index contributed by atoms with van der Waals surface area (Å²) in [6, 6.07) is 20.9. The van der Waals surface area contributed by atoms with Gasteiger partial charge in [0.05, 0.1) is 36.8 Å². The number of benzene rings is 2. The Morgan fingerprint density at radius 2 is 1.79 bits per heavy atom. The van der Waals surface area contributed by atoms with E-state index in [-0.39, 0.29) is 30.4 Å². The van der Waals surface area contributed by atoms with Gasteiger partial charge in [0, 0.05) is 24.4 Å². The van der Waals surface area contributed by atoms with Crippen molar-refractivity contribution >= 4 is 35.0 Å². The normalized spacial score (nSPS) is 23.9. The number of fused-ring (bicyclic) bond motifs is 3. The van der Waals surface area contributed by atoms with Crippen molar-refractivity contribution in [3.8, 4) is 0 Å². The minimum atomic E-state index is -0.433. The van der Waals surface area contributed by atoms with Gasteiger partial charge < -0.3 is 24.3 Å². The minimum absolute atomic E-state index is 0.127. The summed E-state index contributed by atoms with van der Waals surface area (Å²) in [6.07, 6.45) is 3.89. The highest BCUT2D eigenvalue weighted by atomic mass is 16.5. The SMILES string of the molecule is COCC1=C2[C@@H](CC/C(C)=C/c3ccc(CO)o3)OC[C@@H]2[C@@H]2C(=O)N(c3ccc(Nc4ccccc4)cc3)C(=O)[C@@H]2C1. The van der Waals surface area contributed by atoms with Crippen LogP contribution >= 0.6 is 0 Å². The van der Waals surface area contributed by atoms with Crippen molar-refractivity contribution < 1.29 is 28.6 Å². The Balaban J connectivity index is 1.18. The first-order valence-electron chi connectivity index (χ1n) is 14.5. The molecule has 2 saturated heterocycles. The van der Waals surface area contributed by atoms with E-state index in [9.17, 15) is 14.7 Å². The van der Waals surface area contributed by atoms with Gasteiger partial charge in [-0.25, -0.2) is 0 Å². The molecule has 1 aliphatic carbocycles. The maximum atomic E-state index is 13.9. The van der Waals surface area contributed by atoms with E-state index in [1.807, 2.05) is 73.7 Å². The molecule has 3 aromatic rings. The van der Waals surface area contributed by atoms with Crippen molar-refractivity contribution in [2.24, 2.45) is 17.8 Å². The Kier molecular flexibility index (Phi) is 8.11. The number of methoxy groups -OCH3 is 1. The van der Waals surface area contributed by atoms with Gasteiger partial charge >= 0.3 is 0 Å². The van der Waals surface area contributed by atoms with Crippen molar-refractivity contribution in [1.82, 2.24) is 0 Å². The Morgan fingerprint density at radius 3 is 2.50 bits per heavy atom. The summed E-state index contributed by atoms with van der Waals surface area (Å²) in [5.41, 5.74) is 5.78. The first kappa shape index (κ1) is 28.2. The summed E-state index contributed by atoms with van der Waals surface area (Å²) in [5.74, 6) is -0.0397. The number of hydrogen-bond donors (Lipinski definition) is 2. The van der Waals surface area contributed by atoms with E-state index < -0.39 is 11.8 Å². The molecule has 0 saturated carbocycles. The van der Waals surface area contributed by atoms with E-state index in [4.69, 9.17) is 13.9 Å². The summed E-state index contributed by atoms with van der Waals surface area (Å²) in [6.45, 7) is 2.76. The largest absolute Gasteiger partial charge is 0.459 e. The zero-order chi connectivity index (χ0) is 29.2. The van der Waals surface area contributed by atoms with Crippen LogP contribution in [0.1, 0.15) is 37.7 Å². The summed E-state index contributed by atoms with van der Waals surface area (Å²) in [4.78, 5) is 29.0. The lowest BCUT2D eigenvalue weighted by Gasteiger charge is -2.31. The van der Waals surface area contributed by atoms with E-state index in [0.29, 0.717) is 36.8 Å². The first-order chi connectivity index (χ1) is 20.5. The summed E-state index contributed by atoms with van der Waals surface area (Å²) >= 11 is 0. The van der Waals surface area contributed by atoms with E-state index >= 15 is 0 Å². The number of para-hydroxylation sites is 1. The number of imide groups is 1. The number of hydrogen-bond acceptors (Lipinski definition) is 7. The fraction of sp³-hybridized carbons (Fsp3) is 0.353. The van der Waals surface area contributed by atoms with Gasteiger partial charge in [-0.3, -0.25) is 14.5 Å². The number of aliphatic hydroxyl groups excluding tert-OH is 1. The van der Waals surface area contributed by atoms with Gasteiger partial charge in [-0.2, -0.15) is 0 Å². The molecule has 0 unspecified atom stereocenters. The van der Waals surface area contributed by atoms with Crippen LogP contribution in [-0.2, 0) is 25.7 Å². The Morgan fingerprint density at radius 1 is 1.02 bits per heavy atom. The predicted octanol–water partition coefficient (Wildman–Crippen LogP) is 5.87. The van der Waals surface area contributed by atoms with E-state index in [1.165, 1.54) is 4.90 Å². The van der Waals surface area contributed by atoms with Crippen LogP contribution in [0.25, 0.3) is 6.08 Å². The molecule has 2 fully saturated rings. The summed E-state index contributed by atoms with van der Waals surface area (Å²) < 4.78 is 17.5. The molecule has 4 atom stereocenters. The molecule has 42 heavy (non-hydrogen) atoms. The summed E-state index contributed by atoms with van der Waals surface area (Å²) in [5, 5.41) is 12.6. The lowest BCUT2D eigenvalue weighted by molar-refractivity contribution is -0.122. The maximum absolute atomic E-state index is 13.9. The van der Waals surface area contributed by atoms with Crippen molar-refractivity contribution in [1.29, 1.82) is 0 Å². The molecule has 1 aromatic heterocycles. The van der Waals surface area contributed by atoms with Crippen molar-refractivity contribution in [2.75, 3.05) is 30.5 Å². The highest BCUT2D eigenvalue weighted by Crippen LogP contribution is 2.50. The van der Waals surface area contributed by atoms with Gasteiger partial charge in [0.1, 0.15) is 18.1 Å². The van der Waals surface area contributed by atoms with Crippen molar-refractivity contribution in [2.45, 2.75) is 38.9 Å². The van der Waals surface area contributed by atoms with Crippen LogP contribution in [0.4, 0.5) is 17.1 Å². The smallest absolute Gasteiger partial charge is 0.238 e. The van der Waals surface area contributed by atoms with Crippen LogP contribution < -0.4 is 10.2 Å². The number of nitrogens with zero attached hydrogens (tertiary/aromatic N) is 1. The molecule has 3 aliphatic rings. The van der Waals surface area contributed by atoms with Crippen molar-refractivity contribution in [3.05, 3.63) is 95.0 Å². The fourth-order valence-electron chi connectivity index (χ4n) is 6.65. The van der Waals surface area contributed by atoms with Crippen LogP contribution in [0, 0.1) is 17.8 Å². The average Bonchev–Trinajstić information content (AvgIpc) is 3.70. The molecule has 0 radical (unpaired) electrons. The molecular formula is C34H36N2O6. The highest BCUT2D eigenvalue weighted by Gasteiger charge is 2.57. The van der Waals surface area contributed by atoms with Gasteiger partial charge in [-0.05, 0) is 91.9 Å². The number of carbonyl (C=O) groups excluding carboxylic acids is 2. The molecule has 0 bridgehead atoms. The number of carbonyl (C=O) groups is 2. The second-order valence-electron chi connectivity index (χ2n) is 11.3. The molecule has 0 spiro atoms. The molecule has 3 heterocycles. The highest BCUT2D eigenvalue weighted by molar-refractivity contribution is 6.22. The van der Waals surface area contributed by atoms with Crippen LogP contribution in [0.3, 0.4) is 0 Å². The lowest BCUT2D eigenvalue weighted by atomic mass is 9.69. The third kappa shape index (κ3) is 5.45. The maximum Gasteiger partial charge on any atom is 0.238 e. The molecule has 8 heteroatoms. The van der Waals surface area contributed by atoms with Gasteiger partial charge in [-0.15, -0.1) is 0 Å². The van der Waals surface area contributed by atoms with Gasteiger partial charge in [0.15, 0.2) is 0 Å². The average molecular weight is 569 g/mol. The first-order valence-corrected chi connectivity index (χ1v) is 14.5. The molecule has 6 rings (SSSR count).